The number of aryl methyl sites for hydroxylation is 1. The molecule has 37 heavy (non-hydrogen) atoms. The summed E-state index contributed by atoms with van der Waals surface area (Å²) in [5.74, 6) is -1.89. The summed E-state index contributed by atoms with van der Waals surface area (Å²) < 4.78 is 33.5. The number of aromatic carboxylic acids is 1. The predicted octanol–water partition coefficient (Wildman–Crippen LogP) is 7.47. The molecule has 5 rings (SSSR count). The van der Waals surface area contributed by atoms with Crippen LogP contribution in [0.15, 0.2) is 60.7 Å². The second-order valence-electron chi connectivity index (χ2n) is 9.17. The van der Waals surface area contributed by atoms with Crippen LogP contribution in [-0.4, -0.2) is 29.1 Å². The monoisotopic (exact) mass is 522 g/mol. The number of aromatic amines is 1. The molecule has 0 aliphatic carbocycles. The normalized spacial score (nSPS) is 13.2. The zero-order valence-electron chi connectivity index (χ0n) is 20.2. The third-order valence-corrected chi connectivity index (χ3v) is 6.74. The van der Waals surface area contributed by atoms with Crippen LogP contribution >= 0.6 is 11.6 Å². The van der Waals surface area contributed by atoms with Crippen LogP contribution in [0.2, 0.25) is 5.02 Å². The number of nitrogens with zero attached hydrogens (tertiary/aromatic N) is 1. The van der Waals surface area contributed by atoms with Crippen molar-refractivity contribution in [2.75, 3.05) is 18.0 Å². The van der Waals surface area contributed by atoms with Gasteiger partial charge in [0.15, 0.2) is 0 Å². The van der Waals surface area contributed by atoms with Gasteiger partial charge in [-0.15, -0.1) is 0 Å². The second-order valence-corrected chi connectivity index (χ2v) is 9.61. The summed E-state index contributed by atoms with van der Waals surface area (Å²) in [5, 5.41) is 10.3. The van der Waals surface area contributed by atoms with Crippen LogP contribution in [0, 0.1) is 18.6 Å². The van der Waals surface area contributed by atoms with Gasteiger partial charge in [-0.1, -0.05) is 11.6 Å². The highest BCUT2D eigenvalue weighted by Crippen LogP contribution is 2.40. The molecular formula is C29H25ClF2N2O3. The van der Waals surface area contributed by atoms with E-state index >= 15 is 0 Å². The Morgan fingerprint density at radius 1 is 1.03 bits per heavy atom. The highest BCUT2D eigenvalue weighted by atomic mass is 35.5. The molecule has 3 aromatic carbocycles. The van der Waals surface area contributed by atoms with Crippen LogP contribution in [0.1, 0.15) is 34.5 Å². The Labute approximate surface area is 218 Å². The van der Waals surface area contributed by atoms with Crippen LogP contribution < -0.4 is 9.64 Å². The topological polar surface area (TPSA) is 65.6 Å². The van der Waals surface area contributed by atoms with Crippen molar-refractivity contribution in [1.29, 1.82) is 0 Å². The minimum absolute atomic E-state index is 0.108. The first-order valence-corrected chi connectivity index (χ1v) is 12.4. The van der Waals surface area contributed by atoms with Gasteiger partial charge >= 0.3 is 5.97 Å². The summed E-state index contributed by atoms with van der Waals surface area (Å²) in [6.45, 7) is 3.57. The van der Waals surface area contributed by atoms with Gasteiger partial charge in [0, 0.05) is 52.3 Å². The molecule has 0 amide bonds. The number of ether oxygens (including phenoxy) is 1. The van der Waals surface area contributed by atoms with Crippen molar-refractivity contribution in [3.05, 3.63) is 94.1 Å². The van der Waals surface area contributed by atoms with E-state index in [4.69, 9.17) is 16.3 Å². The van der Waals surface area contributed by atoms with Crippen LogP contribution in [0.25, 0.3) is 22.4 Å². The first kappa shape index (κ1) is 24.8. The number of hydrogen-bond donors (Lipinski definition) is 2. The van der Waals surface area contributed by atoms with Gasteiger partial charge in [0.1, 0.15) is 24.0 Å². The summed E-state index contributed by atoms with van der Waals surface area (Å²) in [6.07, 6.45) is 2.14. The van der Waals surface area contributed by atoms with Crippen LogP contribution in [0.3, 0.4) is 0 Å². The Hall–Kier alpha value is -3.84. The average Bonchev–Trinajstić information content (AvgIpc) is 3.54. The van der Waals surface area contributed by atoms with E-state index < -0.39 is 17.6 Å². The molecule has 8 heteroatoms. The molecule has 4 aromatic rings. The first-order valence-electron chi connectivity index (χ1n) is 12.0. The molecular weight excluding hydrogens is 498 g/mol. The lowest BCUT2D eigenvalue weighted by Crippen LogP contribution is -2.18. The minimum atomic E-state index is -0.996. The number of aromatic nitrogens is 1. The van der Waals surface area contributed by atoms with Crippen molar-refractivity contribution in [1.82, 2.24) is 4.98 Å². The Morgan fingerprint density at radius 3 is 2.54 bits per heavy atom. The van der Waals surface area contributed by atoms with E-state index in [1.165, 1.54) is 12.1 Å². The third kappa shape index (κ3) is 5.32. The fraction of sp³-hybridized carbons (Fsp3) is 0.207. The number of benzene rings is 3. The number of rotatable bonds is 7. The maximum absolute atomic E-state index is 14.2. The lowest BCUT2D eigenvalue weighted by molar-refractivity contribution is 0.0697. The minimum Gasteiger partial charge on any atom is -0.488 e. The van der Waals surface area contributed by atoms with Crippen molar-refractivity contribution >= 4 is 23.3 Å². The lowest BCUT2D eigenvalue weighted by atomic mass is 9.98. The van der Waals surface area contributed by atoms with Gasteiger partial charge in [0.05, 0.1) is 11.3 Å². The fourth-order valence-electron chi connectivity index (χ4n) is 4.70. The number of hydrogen-bond acceptors (Lipinski definition) is 3. The van der Waals surface area contributed by atoms with Gasteiger partial charge in [-0.25, -0.2) is 13.6 Å². The summed E-state index contributed by atoms with van der Waals surface area (Å²) >= 11 is 6.35. The van der Waals surface area contributed by atoms with Crippen molar-refractivity contribution < 1.29 is 23.4 Å². The van der Waals surface area contributed by atoms with E-state index in [0.717, 1.165) is 54.5 Å². The third-order valence-electron chi connectivity index (χ3n) is 6.51. The van der Waals surface area contributed by atoms with Gasteiger partial charge in [0.25, 0.3) is 0 Å². The van der Waals surface area contributed by atoms with E-state index in [-0.39, 0.29) is 17.7 Å². The number of carbonyl (C=O) groups is 1. The number of nitrogens with one attached hydrogen (secondary N) is 1. The standard InChI is InChI=1S/C29H25ClF2N2O3/c1-17-10-24(19-11-20(29(35)36)13-23(12-19)34-8-2-3-9-34)28(33-17)25-14-21(30)5-7-27(25)37-16-18-4-6-22(31)15-26(18)32/h4-7,10-15,33H,2-3,8-9,16H2,1H3,(H,35,36). The summed E-state index contributed by atoms with van der Waals surface area (Å²) in [4.78, 5) is 17.5. The molecule has 0 bridgehead atoms. The Balaban J connectivity index is 1.57. The number of H-pyrrole nitrogens is 1. The van der Waals surface area contributed by atoms with Crippen molar-refractivity contribution in [2.24, 2.45) is 0 Å². The molecule has 1 aromatic heterocycles. The summed E-state index contributed by atoms with van der Waals surface area (Å²) in [6, 6.07) is 15.8. The molecule has 0 unspecified atom stereocenters. The van der Waals surface area contributed by atoms with Gasteiger partial charge in [-0.2, -0.15) is 0 Å². The molecule has 1 aliphatic rings. The molecule has 190 valence electrons. The number of halogens is 3. The molecule has 1 fully saturated rings. The Bertz CT molecular complexity index is 1480. The van der Waals surface area contributed by atoms with E-state index in [0.29, 0.717) is 22.0 Å². The predicted molar refractivity (Wildman–Crippen MR) is 141 cm³/mol. The average molecular weight is 523 g/mol. The Morgan fingerprint density at radius 2 is 1.81 bits per heavy atom. The zero-order chi connectivity index (χ0) is 26.1. The van der Waals surface area contributed by atoms with Crippen LogP contribution in [-0.2, 0) is 6.61 Å². The maximum Gasteiger partial charge on any atom is 0.335 e. The van der Waals surface area contributed by atoms with Gasteiger partial charge in [0.2, 0.25) is 0 Å². The molecule has 1 aliphatic heterocycles. The molecule has 1 saturated heterocycles. The molecule has 2 heterocycles. The highest BCUT2D eigenvalue weighted by molar-refractivity contribution is 6.31. The lowest BCUT2D eigenvalue weighted by Gasteiger charge is -2.20. The van der Waals surface area contributed by atoms with Gasteiger partial charge < -0.3 is 19.7 Å². The van der Waals surface area contributed by atoms with Crippen LogP contribution in [0.5, 0.6) is 5.75 Å². The van der Waals surface area contributed by atoms with Gasteiger partial charge in [-0.3, -0.25) is 0 Å². The van der Waals surface area contributed by atoms with Crippen molar-refractivity contribution in [2.45, 2.75) is 26.4 Å². The second kappa shape index (κ2) is 10.3. The highest BCUT2D eigenvalue weighted by Gasteiger charge is 2.20. The first-order chi connectivity index (χ1) is 17.8. The Kier molecular flexibility index (Phi) is 6.89. The summed E-state index contributed by atoms with van der Waals surface area (Å²) in [7, 11) is 0. The van der Waals surface area contributed by atoms with Gasteiger partial charge in [-0.05, 0) is 79.9 Å². The van der Waals surface area contributed by atoms with Crippen molar-refractivity contribution in [3.63, 3.8) is 0 Å². The maximum atomic E-state index is 14.2. The smallest absolute Gasteiger partial charge is 0.335 e. The van der Waals surface area contributed by atoms with E-state index in [1.807, 2.05) is 19.1 Å². The molecule has 0 spiro atoms. The summed E-state index contributed by atoms with van der Waals surface area (Å²) in [5.41, 5.74) is 5.03. The van der Waals surface area contributed by atoms with Crippen molar-refractivity contribution in [3.8, 4) is 28.1 Å². The largest absolute Gasteiger partial charge is 0.488 e. The number of carboxylic acid groups (broad SMARTS) is 1. The molecule has 0 atom stereocenters. The molecule has 0 saturated carbocycles. The quantitative estimate of drug-likeness (QED) is 0.264. The molecule has 5 nitrogen and oxygen atoms in total. The van der Waals surface area contributed by atoms with Crippen LogP contribution in [0.4, 0.5) is 14.5 Å². The number of anilines is 1. The zero-order valence-corrected chi connectivity index (χ0v) is 20.9. The molecule has 2 N–H and O–H groups in total. The number of carboxylic acids is 1. The molecule has 0 radical (unpaired) electrons. The van der Waals surface area contributed by atoms with E-state index in [9.17, 15) is 18.7 Å². The van der Waals surface area contributed by atoms with E-state index in [1.54, 1.807) is 30.3 Å². The fourth-order valence-corrected chi connectivity index (χ4v) is 4.87. The van der Waals surface area contributed by atoms with E-state index in [2.05, 4.69) is 9.88 Å². The SMILES string of the molecule is Cc1cc(-c2cc(C(=O)O)cc(N3CCCC3)c2)c(-c2cc(Cl)ccc2OCc2ccc(F)cc2F)[nH]1.